The summed E-state index contributed by atoms with van der Waals surface area (Å²) in [6.07, 6.45) is 4.17. The van der Waals surface area contributed by atoms with Crippen LogP contribution in [-0.4, -0.2) is 54.1 Å². The highest BCUT2D eigenvalue weighted by Crippen LogP contribution is 2.06. The lowest BCUT2D eigenvalue weighted by atomic mass is 10.3. The lowest BCUT2D eigenvalue weighted by Gasteiger charge is -2.27. The van der Waals surface area contributed by atoms with Gasteiger partial charge in [-0.05, 0) is 13.0 Å². The highest BCUT2D eigenvalue weighted by Gasteiger charge is 2.08. The van der Waals surface area contributed by atoms with E-state index in [0.717, 1.165) is 45.7 Å². The molecule has 96 valence electrons. The molecule has 0 spiro atoms. The van der Waals surface area contributed by atoms with Gasteiger partial charge in [0, 0.05) is 45.1 Å². The monoisotopic (exact) mass is 246 g/mol. The highest BCUT2D eigenvalue weighted by atomic mass is 15.2. The molecule has 0 bridgehead atoms. The molecular weight excluding hydrogens is 228 g/mol. The molecule has 0 atom stereocenters. The van der Waals surface area contributed by atoms with Crippen LogP contribution in [0.25, 0.3) is 0 Å². The Bertz CT molecular complexity index is 407. The van der Waals surface area contributed by atoms with E-state index in [9.17, 15) is 0 Å². The standard InChI is InChI=1S/C12H18N6/c13-10-11-12(17-4-3-15-11)16-2-1-7-18-8-5-14-6-9-18/h3-4,14H,1-2,5-9H2,(H,16,17). The molecule has 0 unspecified atom stereocenters. The van der Waals surface area contributed by atoms with Crippen molar-refractivity contribution in [3.05, 3.63) is 18.1 Å². The lowest BCUT2D eigenvalue weighted by molar-refractivity contribution is 0.240. The van der Waals surface area contributed by atoms with Crippen molar-refractivity contribution in [1.82, 2.24) is 20.2 Å². The minimum Gasteiger partial charge on any atom is -0.368 e. The second kappa shape index (κ2) is 6.89. The summed E-state index contributed by atoms with van der Waals surface area (Å²) in [6.45, 7) is 6.30. The normalized spacial score (nSPS) is 16.2. The first kappa shape index (κ1) is 12.7. The number of hydrogen-bond acceptors (Lipinski definition) is 6. The van der Waals surface area contributed by atoms with Crippen LogP contribution < -0.4 is 10.6 Å². The van der Waals surface area contributed by atoms with E-state index in [4.69, 9.17) is 5.26 Å². The molecule has 2 N–H and O–H groups in total. The maximum Gasteiger partial charge on any atom is 0.182 e. The van der Waals surface area contributed by atoms with Crippen LogP contribution in [0.4, 0.5) is 5.82 Å². The number of nitrogens with zero attached hydrogens (tertiary/aromatic N) is 4. The average molecular weight is 246 g/mol. The van der Waals surface area contributed by atoms with Crippen LogP contribution >= 0.6 is 0 Å². The van der Waals surface area contributed by atoms with Crippen LogP contribution in [-0.2, 0) is 0 Å². The molecule has 1 aromatic heterocycles. The van der Waals surface area contributed by atoms with Crippen LogP contribution in [0.2, 0.25) is 0 Å². The summed E-state index contributed by atoms with van der Waals surface area (Å²) >= 11 is 0. The van der Waals surface area contributed by atoms with Gasteiger partial charge in [0.1, 0.15) is 6.07 Å². The minimum atomic E-state index is 0.361. The zero-order chi connectivity index (χ0) is 12.6. The molecule has 6 nitrogen and oxygen atoms in total. The Morgan fingerprint density at radius 2 is 2.11 bits per heavy atom. The molecule has 0 amide bonds. The Labute approximate surface area is 107 Å². The summed E-state index contributed by atoms with van der Waals surface area (Å²) in [5.41, 5.74) is 0.361. The van der Waals surface area contributed by atoms with E-state index in [-0.39, 0.29) is 0 Å². The van der Waals surface area contributed by atoms with Gasteiger partial charge in [-0.2, -0.15) is 5.26 Å². The molecule has 1 aromatic rings. The second-order valence-electron chi connectivity index (χ2n) is 4.24. The number of piperazine rings is 1. The first-order valence-electron chi connectivity index (χ1n) is 6.28. The smallest absolute Gasteiger partial charge is 0.182 e. The SMILES string of the molecule is N#Cc1nccnc1NCCCN1CCNCC1. The van der Waals surface area contributed by atoms with Crippen LogP contribution in [0.5, 0.6) is 0 Å². The predicted molar refractivity (Wildman–Crippen MR) is 69.2 cm³/mol. The molecule has 2 heterocycles. The second-order valence-corrected chi connectivity index (χ2v) is 4.24. The summed E-state index contributed by atoms with van der Waals surface area (Å²) in [5, 5.41) is 15.4. The lowest BCUT2D eigenvalue weighted by Crippen LogP contribution is -2.44. The van der Waals surface area contributed by atoms with Gasteiger partial charge in [0.2, 0.25) is 0 Å². The van der Waals surface area contributed by atoms with Crippen molar-refractivity contribution in [3.63, 3.8) is 0 Å². The third kappa shape index (κ3) is 3.65. The zero-order valence-electron chi connectivity index (χ0n) is 10.4. The fourth-order valence-electron chi connectivity index (χ4n) is 1.99. The zero-order valence-corrected chi connectivity index (χ0v) is 10.4. The van der Waals surface area contributed by atoms with Gasteiger partial charge in [-0.15, -0.1) is 0 Å². The molecular formula is C12H18N6. The van der Waals surface area contributed by atoms with E-state index in [2.05, 4.69) is 25.5 Å². The Morgan fingerprint density at radius 1 is 1.33 bits per heavy atom. The molecule has 0 aromatic carbocycles. The maximum atomic E-state index is 8.87. The first-order valence-corrected chi connectivity index (χ1v) is 6.28. The number of anilines is 1. The van der Waals surface area contributed by atoms with Crippen molar-refractivity contribution in [2.24, 2.45) is 0 Å². The predicted octanol–water partition coefficient (Wildman–Crippen LogP) is 0.0555. The number of nitriles is 1. The van der Waals surface area contributed by atoms with E-state index in [1.807, 2.05) is 6.07 Å². The summed E-state index contributed by atoms with van der Waals surface area (Å²) in [4.78, 5) is 10.5. The first-order chi connectivity index (χ1) is 8.90. The molecule has 1 saturated heterocycles. The van der Waals surface area contributed by atoms with Gasteiger partial charge in [-0.3, -0.25) is 0 Å². The van der Waals surface area contributed by atoms with E-state index in [1.165, 1.54) is 6.20 Å². The van der Waals surface area contributed by atoms with Gasteiger partial charge in [0.05, 0.1) is 0 Å². The van der Waals surface area contributed by atoms with E-state index < -0.39 is 0 Å². The molecule has 0 saturated carbocycles. The molecule has 0 radical (unpaired) electrons. The quantitative estimate of drug-likeness (QED) is 0.715. The van der Waals surface area contributed by atoms with Crippen LogP contribution in [0.1, 0.15) is 12.1 Å². The van der Waals surface area contributed by atoms with Crippen molar-refractivity contribution in [2.75, 3.05) is 44.6 Å². The largest absolute Gasteiger partial charge is 0.368 e. The Balaban J connectivity index is 1.70. The fourth-order valence-corrected chi connectivity index (χ4v) is 1.99. The van der Waals surface area contributed by atoms with Gasteiger partial charge in [-0.1, -0.05) is 0 Å². The van der Waals surface area contributed by atoms with Gasteiger partial charge >= 0.3 is 0 Å². The molecule has 2 rings (SSSR count). The third-order valence-electron chi connectivity index (χ3n) is 2.96. The third-order valence-corrected chi connectivity index (χ3v) is 2.96. The average Bonchev–Trinajstić information content (AvgIpc) is 2.45. The van der Waals surface area contributed by atoms with E-state index in [0.29, 0.717) is 11.5 Å². The molecule has 0 aliphatic carbocycles. The van der Waals surface area contributed by atoms with Gasteiger partial charge in [0.15, 0.2) is 11.5 Å². The molecule has 6 heteroatoms. The van der Waals surface area contributed by atoms with Crippen molar-refractivity contribution in [3.8, 4) is 6.07 Å². The highest BCUT2D eigenvalue weighted by molar-refractivity contribution is 5.46. The van der Waals surface area contributed by atoms with Crippen molar-refractivity contribution < 1.29 is 0 Å². The molecule has 1 fully saturated rings. The Hall–Kier alpha value is -1.71. The van der Waals surface area contributed by atoms with Gasteiger partial charge in [0.25, 0.3) is 0 Å². The minimum absolute atomic E-state index is 0.361. The maximum absolute atomic E-state index is 8.87. The van der Waals surface area contributed by atoms with Crippen LogP contribution in [0, 0.1) is 11.3 Å². The van der Waals surface area contributed by atoms with E-state index in [1.54, 1.807) is 6.20 Å². The fraction of sp³-hybridized carbons (Fsp3) is 0.583. The van der Waals surface area contributed by atoms with Crippen molar-refractivity contribution in [2.45, 2.75) is 6.42 Å². The summed E-state index contributed by atoms with van der Waals surface area (Å²) in [5.74, 6) is 0.584. The summed E-state index contributed by atoms with van der Waals surface area (Å²) in [6, 6.07) is 2.03. The number of hydrogen-bond donors (Lipinski definition) is 2. The molecule has 18 heavy (non-hydrogen) atoms. The summed E-state index contributed by atoms with van der Waals surface area (Å²) in [7, 11) is 0. The van der Waals surface area contributed by atoms with Gasteiger partial charge < -0.3 is 15.5 Å². The molecule has 1 aliphatic heterocycles. The number of rotatable bonds is 5. The molecule has 1 aliphatic rings. The van der Waals surface area contributed by atoms with Crippen LogP contribution in [0.3, 0.4) is 0 Å². The van der Waals surface area contributed by atoms with Gasteiger partial charge in [-0.25, -0.2) is 9.97 Å². The Morgan fingerprint density at radius 3 is 2.89 bits per heavy atom. The van der Waals surface area contributed by atoms with Crippen molar-refractivity contribution >= 4 is 5.82 Å². The van der Waals surface area contributed by atoms with Crippen LogP contribution in [0.15, 0.2) is 12.4 Å². The Kier molecular flexibility index (Phi) is 4.88. The topological polar surface area (TPSA) is 76.9 Å². The number of nitrogens with one attached hydrogen (secondary N) is 2. The van der Waals surface area contributed by atoms with E-state index >= 15 is 0 Å². The number of aromatic nitrogens is 2. The van der Waals surface area contributed by atoms with Crippen molar-refractivity contribution in [1.29, 1.82) is 5.26 Å². The summed E-state index contributed by atoms with van der Waals surface area (Å²) < 4.78 is 0.